The Kier molecular flexibility index (Phi) is 6.11. The van der Waals surface area contributed by atoms with Crippen molar-refractivity contribution in [2.24, 2.45) is 0 Å². The number of anilines is 1. The van der Waals surface area contributed by atoms with Gasteiger partial charge in [0, 0.05) is 30.6 Å². The Labute approximate surface area is 165 Å². The van der Waals surface area contributed by atoms with Crippen LogP contribution in [-0.2, 0) is 10.0 Å². The van der Waals surface area contributed by atoms with Crippen LogP contribution in [-0.4, -0.2) is 45.6 Å². The molecular formula is C20H24N2O3S2. The van der Waals surface area contributed by atoms with Gasteiger partial charge in [-0.2, -0.15) is 0 Å². The number of carbonyl (C=O) groups excluding carboxylic acids is 1. The average molecular weight is 405 g/mol. The summed E-state index contributed by atoms with van der Waals surface area (Å²) in [6.07, 6.45) is 5.20. The Bertz CT molecular complexity index is 888. The average Bonchev–Trinajstić information content (AvgIpc) is 2.73. The van der Waals surface area contributed by atoms with E-state index in [4.69, 9.17) is 0 Å². The molecule has 3 rings (SSSR count). The highest BCUT2D eigenvalue weighted by Crippen LogP contribution is 2.25. The largest absolute Gasteiger partial charge is 0.339 e. The minimum absolute atomic E-state index is 0.0133. The van der Waals surface area contributed by atoms with Gasteiger partial charge in [-0.1, -0.05) is 0 Å². The van der Waals surface area contributed by atoms with E-state index in [9.17, 15) is 13.2 Å². The molecule has 144 valence electrons. The third-order valence-corrected chi connectivity index (χ3v) is 7.38. The first kappa shape index (κ1) is 19.8. The molecule has 5 nitrogen and oxygen atoms in total. The standard InChI is InChI=1S/C20H24N2O3S2/c1-21(27(24,25)19-12-10-18(26-2)11-13-19)17-8-6-16(7-9-17)20(23)22-14-4-3-5-15-22/h6-13H,3-5,14-15H2,1-2H3. The molecule has 0 spiro atoms. The summed E-state index contributed by atoms with van der Waals surface area (Å²) in [5.41, 5.74) is 1.12. The number of rotatable bonds is 5. The fourth-order valence-corrected chi connectivity index (χ4v) is 4.74. The van der Waals surface area contributed by atoms with Crippen LogP contribution >= 0.6 is 11.8 Å². The Morgan fingerprint density at radius 2 is 1.56 bits per heavy atom. The molecule has 0 aliphatic carbocycles. The molecule has 0 unspecified atom stereocenters. The van der Waals surface area contributed by atoms with Gasteiger partial charge in [-0.3, -0.25) is 9.10 Å². The van der Waals surface area contributed by atoms with Crippen LogP contribution in [0, 0.1) is 0 Å². The lowest BCUT2D eigenvalue weighted by atomic mass is 10.1. The summed E-state index contributed by atoms with van der Waals surface area (Å²) in [5, 5.41) is 0. The topological polar surface area (TPSA) is 57.7 Å². The molecule has 1 heterocycles. The van der Waals surface area contributed by atoms with Crippen molar-refractivity contribution in [3.8, 4) is 0 Å². The highest BCUT2D eigenvalue weighted by atomic mass is 32.2. The second-order valence-electron chi connectivity index (χ2n) is 6.55. The van der Waals surface area contributed by atoms with E-state index in [-0.39, 0.29) is 10.8 Å². The molecule has 0 N–H and O–H groups in total. The molecule has 0 atom stereocenters. The van der Waals surface area contributed by atoms with Crippen LogP contribution in [0.4, 0.5) is 5.69 Å². The van der Waals surface area contributed by atoms with Gasteiger partial charge in [0.05, 0.1) is 10.6 Å². The van der Waals surface area contributed by atoms with E-state index in [2.05, 4.69) is 0 Å². The van der Waals surface area contributed by atoms with Crippen LogP contribution in [0.3, 0.4) is 0 Å². The molecule has 1 aliphatic rings. The number of benzene rings is 2. The molecule has 1 amide bonds. The number of hydrogen-bond donors (Lipinski definition) is 0. The van der Waals surface area contributed by atoms with Crippen molar-refractivity contribution < 1.29 is 13.2 Å². The molecular weight excluding hydrogens is 380 g/mol. The summed E-state index contributed by atoms with van der Waals surface area (Å²) in [4.78, 5) is 15.7. The molecule has 27 heavy (non-hydrogen) atoms. The number of sulfonamides is 1. The Morgan fingerprint density at radius 1 is 0.963 bits per heavy atom. The molecule has 7 heteroatoms. The Balaban J connectivity index is 1.77. The summed E-state index contributed by atoms with van der Waals surface area (Å²) in [6.45, 7) is 1.59. The lowest BCUT2D eigenvalue weighted by Crippen LogP contribution is -2.35. The molecule has 1 saturated heterocycles. The smallest absolute Gasteiger partial charge is 0.264 e. The SMILES string of the molecule is CSc1ccc(S(=O)(=O)N(C)c2ccc(C(=O)N3CCCCC3)cc2)cc1. The molecule has 1 fully saturated rings. The van der Waals surface area contributed by atoms with Crippen LogP contribution in [0.2, 0.25) is 0 Å². The minimum atomic E-state index is -3.64. The van der Waals surface area contributed by atoms with Crippen molar-refractivity contribution in [1.82, 2.24) is 4.90 Å². The van der Waals surface area contributed by atoms with Crippen LogP contribution in [0.15, 0.2) is 58.3 Å². The van der Waals surface area contributed by atoms with Crippen molar-refractivity contribution in [1.29, 1.82) is 0 Å². The lowest BCUT2D eigenvalue weighted by molar-refractivity contribution is 0.0724. The van der Waals surface area contributed by atoms with Gasteiger partial charge in [-0.15, -0.1) is 11.8 Å². The van der Waals surface area contributed by atoms with E-state index >= 15 is 0 Å². The summed E-state index contributed by atoms with van der Waals surface area (Å²) in [7, 11) is -2.11. The second kappa shape index (κ2) is 8.35. The maximum absolute atomic E-state index is 12.8. The van der Waals surface area contributed by atoms with Crippen LogP contribution in [0.1, 0.15) is 29.6 Å². The number of thioether (sulfide) groups is 1. The minimum Gasteiger partial charge on any atom is -0.339 e. The van der Waals surface area contributed by atoms with E-state index < -0.39 is 10.0 Å². The number of amides is 1. The summed E-state index contributed by atoms with van der Waals surface area (Å²) >= 11 is 1.56. The normalized spacial score (nSPS) is 14.8. The summed E-state index contributed by atoms with van der Waals surface area (Å²) < 4.78 is 26.9. The number of nitrogens with zero attached hydrogens (tertiary/aromatic N) is 2. The first-order valence-electron chi connectivity index (χ1n) is 8.96. The van der Waals surface area contributed by atoms with Crippen LogP contribution in [0.5, 0.6) is 0 Å². The van der Waals surface area contributed by atoms with Crippen LogP contribution in [0.25, 0.3) is 0 Å². The summed E-state index contributed by atoms with van der Waals surface area (Å²) in [6, 6.07) is 13.6. The van der Waals surface area contributed by atoms with Gasteiger partial charge >= 0.3 is 0 Å². The van der Waals surface area contributed by atoms with Crippen molar-refractivity contribution in [2.75, 3.05) is 30.7 Å². The van der Waals surface area contributed by atoms with Gasteiger partial charge in [0.15, 0.2) is 0 Å². The quantitative estimate of drug-likeness (QED) is 0.710. The van der Waals surface area contributed by atoms with Gasteiger partial charge in [0.1, 0.15) is 0 Å². The maximum Gasteiger partial charge on any atom is 0.264 e. The number of piperidine rings is 1. The van der Waals surface area contributed by atoms with Gasteiger partial charge in [0.25, 0.3) is 15.9 Å². The molecule has 0 aromatic heterocycles. The van der Waals surface area contributed by atoms with E-state index in [0.29, 0.717) is 11.3 Å². The highest BCUT2D eigenvalue weighted by molar-refractivity contribution is 7.98. The van der Waals surface area contributed by atoms with Crippen molar-refractivity contribution >= 4 is 33.4 Å². The third-order valence-electron chi connectivity index (χ3n) is 4.84. The van der Waals surface area contributed by atoms with Crippen LogP contribution < -0.4 is 4.31 Å². The summed E-state index contributed by atoms with van der Waals surface area (Å²) in [5.74, 6) is 0.0133. The predicted octanol–water partition coefficient (Wildman–Crippen LogP) is 3.86. The van der Waals surface area contributed by atoms with E-state index in [1.165, 1.54) is 17.8 Å². The fraction of sp³-hybridized carbons (Fsp3) is 0.350. The third kappa shape index (κ3) is 4.30. The van der Waals surface area contributed by atoms with Crippen molar-refractivity contribution in [3.63, 3.8) is 0 Å². The number of hydrogen-bond acceptors (Lipinski definition) is 4. The van der Waals surface area contributed by atoms with E-state index in [1.807, 2.05) is 11.2 Å². The fourth-order valence-electron chi connectivity index (χ4n) is 3.14. The van der Waals surface area contributed by atoms with Gasteiger partial charge in [-0.25, -0.2) is 8.42 Å². The monoisotopic (exact) mass is 404 g/mol. The van der Waals surface area contributed by atoms with Crippen molar-refractivity contribution in [3.05, 3.63) is 54.1 Å². The molecule has 2 aromatic carbocycles. The number of carbonyl (C=O) groups is 1. The second-order valence-corrected chi connectivity index (χ2v) is 9.40. The zero-order valence-electron chi connectivity index (χ0n) is 15.6. The van der Waals surface area contributed by atoms with E-state index in [0.717, 1.165) is 30.8 Å². The van der Waals surface area contributed by atoms with E-state index in [1.54, 1.807) is 60.3 Å². The van der Waals surface area contributed by atoms with Gasteiger partial charge in [-0.05, 0) is 74.0 Å². The lowest BCUT2D eigenvalue weighted by Gasteiger charge is -2.27. The van der Waals surface area contributed by atoms with Gasteiger partial charge < -0.3 is 4.90 Å². The zero-order chi connectivity index (χ0) is 19.4. The van der Waals surface area contributed by atoms with Crippen molar-refractivity contribution in [2.45, 2.75) is 29.1 Å². The molecule has 1 aliphatic heterocycles. The Hall–Kier alpha value is -1.99. The molecule has 0 radical (unpaired) electrons. The van der Waals surface area contributed by atoms with Gasteiger partial charge in [0.2, 0.25) is 0 Å². The molecule has 2 aromatic rings. The molecule has 0 saturated carbocycles. The zero-order valence-corrected chi connectivity index (χ0v) is 17.2. The first-order valence-corrected chi connectivity index (χ1v) is 11.6. The predicted molar refractivity (Wildman–Crippen MR) is 110 cm³/mol. The maximum atomic E-state index is 12.8. The molecule has 0 bridgehead atoms. The first-order chi connectivity index (χ1) is 12.9. The highest BCUT2D eigenvalue weighted by Gasteiger charge is 2.22. The number of likely N-dealkylation sites (tertiary alicyclic amines) is 1. The Morgan fingerprint density at radius 3 is 2.11 bits per heavy atom.